The molecule has 0 aromatic carbocycles. The van der Waals surface area contributed by atoms with Crippen LogP contribution in [-0.4, -0.2) is 65.1 Å². The zero-order chi connectivity index (χ0) is 14.1. The van der Waals surface area contributed by atoms with E-state index in [2.05, 4.69) is 10.4 Å². The third-order valence-electron chi connectivity index (χ3n) is 2.35. The lowest BCUT2D eigenvalue weighted by Gasteiger charge is -2.20. The van der Waals surface area contributed by atoms with Gasteiger partial charge in [0.15, 0.2) is 0 Å². The van der Waals surface area contributed by atoms with E-state index in [4.69, 9.17) is 9.84 Å². The fourth-order valence-electron chi connectivity index (χ4n) is 1.44. The van der Waals surface area contributed by atoms with Crippen molar-refractivity contribution < 1.29 is 19.4 Å². The van der Waals surface area contributed by atoms with Crippen LogP contribution in [0, 0.1) is 0 Å². The van der Waals surface area contributed by atoms with Crippen molar-refractivity contribution in [2.24, 2.45) is 0 Å². The second-order valence-electron chi connectivity index (χ2n) is 3.81. The third-order valence-corrected chi connectivity index (χ3v) is 2.35. The molecule has 0 unspecified atom stereocenters. The average Bonchev–Trinajstić information content (AvgIpc) is 2.87. The number of carboxylic acids is 1. The first-order valence-corrected chi connectivity index (χ1v) is 5.84. The molecule has 0 bridgehead atoms. The molecular formula is C11H18N4O4. The summed E-state index contributed by atoms with van der Waals surface area (Å²) in [5.41, 5.74) is 0. The Balaban J connectivity index is 2.35. The van der Waals surface area contributed by atoms with Crippen molar-refractivity contribution in [1.29, 1.82) is 0 Å². The molecule has 0 saturated heterocycles. The number of nitrogens with one attached hydrogen (secondary N) is 1. The smallest absolute Gasteiger partial charge is 0.323 e. The Kier molecular flexibility index (Phi) is 6.37. The Labute approximate surface area is 110 Å². The van der Waals surface area contributed by atoms with Crippen LogP contribution in [0.25, 0.3) is 0 Å². The number of nitrogens with zero attached hydrogens (tertiary/aromatic N) is 3. The van der Waals surface area contributed by atoms with Crippen molar-refractivity contribution >= 4 is 12.0 Å². The number of carbonyl (C=O) groups is 2. The van der Waals surface area contributed by atoms with Gasteiger partial charge in [-0.3, -0.25) is 9.48 Å². The second kappa shape index (κ2) is 8.09. The molecule has 1 rings (SSSR count). The number of amides is 2. The number of ether oxygens (including phenoxy) is 1. The number of hydrogen-bond donors (Lipinski definition) is 2. The molecule has 0 atom stereocenters. The van der Waals surface area contributed by atoms with E-state index in [-0.39, 0.29) is 13.1 Å². The van der Waals surface area contributed by atoms with E-state index in [0.717, 1.165) is 0 Å². The van der Waals surface area contributed by atoms with Gasteiger partial charge in [0, 0.05) is 32.6 Å². The summed E-state index contributed by atoms with van der Waals surface area (Å²) in [4.78, 5) is 23.6. The summed E-state index contributed by atoms with van der Waals surface area (Å²) >= 11 is 0. The molecule has 2 N–H and O–H groups in total. The van der Waals surface area contributed by atoms with Gasteiger partial charge in [0.25, 0.3) is 0 Å². The SMILES string of the molecule is COCCN(CC(=O)O)C(=O)NCCn1cccn1. The minimum atomic E-state index is -1.06. The molecule has 1 heterocycles. The minimum absolute atomic E-state index is 0.233. The van der Waals surface area contributed by atoms with Crippen molar-refractivity contribution in [3.05, 3.63) is 18.5 Å². The number of carboxylic acid groups (broad SMARTS) is 1. The largest absolute Gasteiger partial charge is 0.480 e. The van der Waals surface area contributed by atoms with E-state index in [1.807, 2.05) is 0 Å². The lowest BCUT2D eigenvalue weighted by atomic mass is 10.5. The number of urea groups is 1. The van der Waals surface area contributed by atoms with Crippen LogP contribution in [0.3, 0.4) is 0 Å². The Morgan fingerprint density at radius 1 is 1.53 bits per heavy atom. The summed E-state index contributed by atoms with van der Waals surface area (Å²) in [6.07, 6.45) is 3.43. The summed E-state index contributed by atoms with van der Waals surface area (Å²) < 4.78 is 6.52. The highest BCUT2D eigenvalue weighted by Crippen LogP contribution is 1.91. The van der Waals surface area contributed by atoms with Crippen molar-refractivity contribution in [3.8, 4) is 0 Å². The highest BCUT2D eigenvalue weighted by Gasteiger charge is 2.15. The van der Waals surface area contributed by atoms with Crippen LogP contribution in [0.2, 0.25) is 0 Å². The predicted molar refractivity (Wildman–Crippen MR) is 66.7 cm³/mol. The van der Waals surface area contributed by atoms with E-state index in [0.29, 0.717) is 19.7 Å². The normalized spacial score (nSPS) is 10.2. The van der Waals surface area contributed by atoms with E-state index >= 15 is 0 Å². The minimum Gasteiger partial charge on any atom is -0.480 e. The number of rotatable bonds is 8. The molecule has 0 radical (unpaired) electrons. The lowest BCUT2D eigenvalue weighted by molar-refractivity contribution is -0.137. The summed E-state index contributed by atoms with van der Waals surface area (Å²) in [6, 6.07) is 1.36. The summed E-state index contributed by atoms with van der Waals surface area (Å²) in [6.45, 7) is 1.08. The first kappa shape index (κ1) is 15.0. The van der Waals surface area contributed by atoms with Crippen LogP contribution in [0.5, 0.6) is 0 Å². The third kappa shape index (κ3) is 5.87. The maximum Gasteiger partial charge on any atom is 0.323 e. The Hall–Kier alpha value is -2.09. The fourth-order valence-corrected chi connectivity index (χ4v) is 1.44. The van der Waals surface area contributed by atoms with Gasteiger partial charge in [-0.1, -0.05) is 0 Å². The number of hydrogen-bond acceptors (Lipinski definition) is 4. The number of methoxy groups -OCH3 is 1. The van der Waals surface area contributed by atoms with E-state index in [1.54, 1.807) is 23.1 Å². The zero-order valence-corrected chi connectivity index (χ0v) is 10.8. The van der Waals surface area contributed by atoms with Gasteiger partial charge in [-0.25, -0.2) is 4.79 Å². The molecule has 0 spiro atoms. The number of aromatic nitrogens is 2. The van der Waals surface area contributed by atoms with Gasteiger partial charge in [0.1, 0.15) is 6.54 Å². The number of carbonyl (C=O) groups excluding carboxylic acids is 1. The Morgan fingerprint density at radius 3 is 2.89 bits per heavy atom. The molecule has 8 nitrogen and oxygen atoms in total. The monoisotopic (exact) mass is 270 g/mol. The topological polar surface area (TPSA) is 96.7 Å². The molecule has 0 fully saturated rings. The van der Waals surface area contributed by atoms with Crippen LogP contribution in [0.1, 0.15) is 0 Å². The maximum absolute atomic E-state index is 11.8. The summed E-state index contributed by atoms with van der Waals surface area (Å²) in [5.74, 6) is -1.06. The van der Waals surface area contributed by atoms with Gasteiger partial charge in [-0.2, -0.15) is 5.10 Å². The van der Waals surface area contributed by atoms with Crippen LogP contribution in [0.15, 0.2) is 18.5 Å². The zero-order valence-electron chi connectivity index (χ0n) is 10.8. The maximum atomic E-state index is 11.8. The van der Waals surface area contributed by atoms with E-state index in [9.17, 15) is 9.59 Å². The van der Waals surface area contributed by atoms with Gasteiger partial charge < -0.3 is 20.1 Å². The average molecular weight is 270 g/mol. The molecule has 106 valence electrons. The van der Waals surface area contributed by atoms with Crippen molar-refractivity contribution in [1.82, 2.24) is 20.0 Å². The van der Waals surface area contributed by atoms with Gasteiger partial charge >= 0.3 is 12.0 Å². The molecule has 0 aliphatic heterocycles. The van der Waals surface area contributed by atoms with Crippen molar-refractivity contribution in [2.75, 3.05) is 33.4 Å². The molecule has 1 aromatic heterocycles. The lowest BCUT2D eigenvalue weighted by Crippen LogP contribution is -2.45. The Morgan fingerprint density at radius 2 is 2.32 bits per heavy atom. The number of aliphatic carboxylic acids is 1. The molecule has 0 saturated carbocycles. The first-order chi connectivity index (χ1) is 9.13. The predicted octanol–water partition coefficient (Wildman–Crippen LogP) is -0.374. The van der Waals surface area contributed by atoms with E-state index < -0.39 is 12.0 Å². The molecule has 1 aromatic rings. The highest BCUT2D eigenvalue weighted by atomic mass is 16.5. The summed E-state index contributed by atoms with van der Waals surface area (Å²) in [7, 11) is 1.49. The Bertz CT molecular complexity index is 393. The van der Waals surface area contributed by atoms with Crippen molar-refractivity contribution in [2.45, 2.75) is 6.54 Å². The summed E-state index contributed by atoms with van der Waals surface area (Å²) in [5, 5.41) is 15.4. The van der Waals surface area contributed by atoms with Gasteiger partial charge in [-0.05, 0) is 6.07 Å². The van der Waals surface area contributed by atoms with E-state index in [1.165, 1.54) is 12.0 Å². The van der Waals surface area contributed by atoms with Crippen LogP contribution >= 0.6 is 0 Å². The molecular weight excluding hydrogens is 252 g/mol. The molecule has 8 heteroatoms. The van der Waals surface area contributed by atoms with Crippen LogP contribution < -0.4 is 5.32 Å². The van der Waals surface area contributed by atoms with Gasteiger partial charge in [-0.15, -0.1) is 0 Å². The highest BCUT2D eigenvalue weighted by molar-refractivity contribution is 5.80. The van der Waals surface area contributed by atoms with Crippen LogP contribution in [-0.2, 0) is 16.1 Å². The molecule has 0 aliphatic rings. The fraction of sp³-hybridized carbons (Fsp3) is 0.545. The van der Waals surface area contributed by atoms with Crippen LogP contribution in [0.4, 0.5) is 4.79 Å². The standard InChI is InChI=1S/C11H18N4O4/c1-19-8-7-14(9-10(16)17)11(18)12-4-6-15-5-2-3-13-15/h2-3,5H,4,6-9H2,1H3,(H,12,18)(H,16,17). The molecule has 0 aliphatic carbocycles. The second-order valence-corrected chi connectivity index (χ2v) is 3.81. The van der Waals surface area contributed by atoms with Crippen molar-refractivity contribution in [3.63, 3.8) is 0 Å². The first-order valence-electron chi connectivity index (χ1n) is 5.84. The quantitative estimate of drug-likeness (QED) is 0.671. The van der Waals surface area contributed by atoms with Gasteiger partial charge in [0.2, 0.25) is 0 Å². The van der Waals surface area contributed by atoms with Gasteiger partial charge in [0.05, 0.1) is 13.2 Å². The molecule has 2 amide bonds. The molecule has 19 heavy (non-hydrogen) atoms.